The number of hydrogen-bond donors (Lipinski definition) is 3. The third-order valence-corrected chi connectivity index (χ3v) is 3.22. The molecule has 0 aromatic heterocycles. The Hall–Kier alpha value is -1.39. The fraction of sp³-hybridized carbons (Fsp3) is 0.385. The quantitative estimate of drug-likeness (QED) is 0.326. The van der Waals surface area contributed by atoms with Gasteiger partial charge in [0.2, 0.25) is 0 Å². The number of halogens is 1. The van der Waals surface area contributed by atoms with E-state index in [1.165, 1.54) is 24.1 Å². The molecule has 1 atom stereocenters. The van der Waals surface area contributed by atoms with Gasteiger partial charge in [0.1, 0.15) is 5.82 Å². The summed E-state index contributed by atoms with van der Waals surface area (Å²) in [5.41, 5.74) is 11.1. The molecular weight excluding hydrogens is 217 g/mol. The van der Waals surface area contributed by atoms with E-state index in [0.29, 0.717) is 5.69 Å². The number of allylic oxidation sites excluding steroid dienone is 1. The van der Waals surface area contributed by atoms with Crippen LogP contribution in [0.1, 0.15) is 37.3 Å². The van der Waals surface area contributed by atoms with Crippen molar-refractivity contribution >= 4 is 5.69 Å². The Balaban J connectivity index is 2.34. The summed E-state index contributed by atoms with van der Waals surface area (Å²) in [5.74, 6) is 5.30. The molecule has 0 radical (unpaired) electrons. The summed E-state index contributed by atoms with van der Waals surface area (Å²) in [4.78, 5) is 0. The predicted molar refractivity (Wildman–Crippen MR) is 67.4 cm³/mol. The Morgan fingerprint density at radius 3 is 2.76 bits per heavy atom. The fourth-order valence-electron chi connectivity index (χ4n) is 2.32. The normalized spacial score (nSPS) is 17.6. The molecule has 0 bridgehead atoms. The van der Waals surface area contributed by atoms with E-state index >= 15 is 0 Å². The number of nitrogen functional groups attached to an aromatic ring is 1. The lowest BCUT2D eigenvalue weighted by molar-refractivity contribution is 0.560. The molecule has 1 unspecified atom stereocenters. The molecule has 3 nitrogen and oxygen atoms in total. The lowest BCUT2D eigenvalue weighted by atomic mass is 9.89. The standard InChI is InChI=1S/C13H18FN3/c14-10-6-7-12(15)11(8-10)13(17-16)9-4-2-1-3-5-9/h4,6-8,13,17H,1-3,5,15-16H2. The molecule has 17 heavy (non-hydrogen) atoms. The molecule has 0 amide bonds. The SMILES string of the molecule is NNC(C1=CCCCC1)c1cc(F)ccc1N. The average Bonchev–Trinajstić information content (AvgIpc) is 2.36. The van der Waals surface area contributed by atoms with Gasteiger partial charge in [-0.1, -0.05) is 11.6 Å². The van der Waals surface area contributed by atoms with Crippen LogP contribution in [0.2, 0.25) is 0 Å². The van der Waals surface area contributed by atoms with Crippen LogP contribution in [0.5, 0.6) is 0 Å². The highest BCUT2D eigenvalue weighted by atomic mass is 19.1. The van der Waals surface area contributed by atoms with Gasteiger partial charge in [0, 0.05) is 11.3 Å². The van der Waals surface area contributed by atoms with Crippen molar-refractivity contribution < 1.29 is 4.39 Å². The molecule has 2 rings (SSSR count). The first-order chi connectivity index (χ1) is 8.22. The van der Waals surface area contributed by atoms with Gasteiger partial charge in [-0.2, -0.15) is 0 Å². The average molecular weight is 235 g/mol. The van der Waals surface area contributed by atoms with Gasteiger partial charge < -0.3 is 5.73 Å². The third kappa shape index (κ3) is 2.65. The first-order valence-corrected chi connectivity index (χ1v) is 5.92. The Kier molecular flexibility index (Phi) is 3.76. The van der Waals surface area contributed by atoms with Crippen LogP contribution in [0.15, 0.2) is 29.8 Å². The fourth-order valence-corrected chi connectivity index (χ4v) is 2.32. The van der Waals surface area contributed by atoms with E-state index < -0.39 is 0 Å². The summed E-state index contributed by atoms with van der Waals surface area (Å²) in [6, 6.07) is 4.22. The van der Waals surface area contributed by atoms with Gasteiger partial charge in [-0.05, 0) is 43.9 Å². The topological polar surface area (TPSA) is 64.1 Å². The zero-order chi connectivity index (χ0) is 12.3. The van der Waals surface area contributed by atoms with Crippen molar-refractivity contribution in [2.24, 2.45) is 5.84 Å². The van der Waals surface area contributed by atoms with Gasteiger partial charge >= 0.3 is 0 Å². The largest absolute Gasteiger partial charge is 0.398 e. The van der Waals surface area contributed by atoms with E-state index in [0.717, 1.165) is 24.8 Å². The minimum absolute atomic E-state index is 0.175. The van der Waals surface area contributed by atoms with Crippen LogP contribution in [0, 0.1) is 5.82 Å². The first-order valence-electron chi connectivity index (χ1n) is 5.92. The van der Waals surface area contributed by atoms with E-state index in [-0.39, 0.29) is 11.9 Å². The van der Waals surface area contributed by atoms with Gasteiger partial charge in [0.05, 0.1) is 6.04 Å². The monoisotopic (exact) mass is 235 g/mol. The molecule has 0 spiro atoms. The number of rotatable bonds is 3. The highest BCUT2D eigenvalue weighted by Crippen LogP contribution is 2.32. The van der Waals surface area contributed by atoms with Gasteiger partial charge in [0.25, 0.3) is 0 Å². The summed E-state index contributed by atoms with van der Waals surface area (Å²) in [5, 5.41) is 0. The zero-order valence-electron chi connectivity index (χ0n) is 9.75. The van der Waals surface area contributed by atoms with Crippen LogP contribution in [0.25, 0.3) is 0 Å². The van der Waals surface area contributed by atoms with Crippen LogP contribution < -0.4 is 17.0 Å². The van der Waals surface area contributed by atoms with E-state index in [9.17, 15) is 4.39 Å². The van der Waals surface area contributed by atoms with Crippen molar-refractivity contribution in [1.82, 2.24) is 5.43 Å². The van der Waals surface area contributed by atoms with Crippen LogP contribution in [-0.4, -0.2) is 0 Å². The van der Waals surface area contributed by atoms with Crippen molar-refractivity contribution in [2.75, 3.05) is 5.73 Å². The summed E-state index contributed by atoms with van der Waals surface area (Å²) in [7, 11) is 0. The van der Waals surface area contributed by atoms with Crippen LogP contribution >= 0.6 is 0 Å². The highest BCUT2D eigenvalue weighted by Gasteiger charge is 2.19. The second-order valence-corrected chi connectivity index (χ2v) is 4.40. The van der Waals surface area contributed by atoms with E-state index in [4.69, 9.17) is 11.6 Å². The smallest absolute Gasteiger partial charge is 0.123 e. The summed E-state index contributed by atoms with van der Waals surface area (Å²) in [6.45, 7) is 0. The number of benzene rings is 1. The number of nitrogens with two attached hydrogens (primary N) is 2. The molecule has 1 aromatic carbocycles. The van der Waals surface area contributed by atoms with E-state index in [2.05, 4.69) is 11.5 Å². The van der Waals surface area contributed by atoms with Crippen molar-refractivity contribution in [1.29, 1.82) is 0 Å². The van der Waals surface area contributed by atoms with Gasteiger partial charge in [-0.25, -0.2) is 9.82 Å². The van der Waals surface area contributed by atoms with Crippen molar-refractivity contribution in [3.63, 3.8) is 0 Å². The first kappa shape index (κ1) is 12.1. The molecule has 1 aromatic rings. The van der Waals surface area contributed by atoms with Crippen LogP contribution in [0.4, 0.5) is 10.1 Å². The number of hydrogen-bond acceptors (Lipinski definition) is 3. The van der Waals surface area contributed by atoms with Crippen LogP contribution in [0.3, 0.4) is 0 Å². The Bertz CT molecular complexity index is 429. The summed E-state index contributed by atoms with van der Waals surface area (Å²) >= 11 is 0. The van der Waals surface area contributed by atoms with E-state index in [1.54, 1.807) is 6.07 Å². The third-order valence-electron chi connectivity index (χ3n) is 3.22. The van der Waals surface area contributed by atoms with Crippen LogP contribution in [-0.2, 0) is 0 Å². The number of hydrazine groups is 1. The molecule has 0 saturated heterocycles. The highest BCUT2D eigenvalue weighted by molar-refractivity contribution is 5.51. The number of nitrogens with one attached hydrogen (secondary N) is 1. The maximum atomic E-state index is 13.3. The van der Waals surface area contributed by atoms with Gasteiger partial charge in [0.15, 0.2) is 0 Å². The molecule has 92 valence electrons. The molecule has 1 aliphatic carbocycles. The molecule has 0 aliphatic heterocycles. The molecule has 5 N–H and O–H groups in total. The maximum Gasteiger partial charge on any atom is 0.123 e. The van der Waals surface area contributed by atoms with E-state index in [1.807, 2.05) is 0 Å². The summed E-state index contributed by atoms with van der Waals surface area (Å²) in [6.07, 6.45) is 6.59. The predicted octanol–water partition coefficient (Wildman–Crippen LogP) is 2.41. The van der Waals surface area contributed by atoms with Gasteiger partial charge in [-0.15, -0.1) is 0 Å². The second-order valence-electron chi connectivity index (χ2n) is 4.40. The second kappa shape index (κ2) is 5.29. The Morgan fingerprint density at radius 1 is 1.29 bits per heavy atom. The molecule has 0 heterocycles. The molecule has 0 saturated carbocycles. The maximum absolute atomic E-state index is 13.3. The molecule has 4 heteroatoms. The van der Waals surface area contributed by atoms with Crippen molar-refractivity contribution in [2.45, 2.75) is 31.7 Å². The lowest BCUT2D eigenvalue weighted by Crippen LogP contribution is -2.30. The Morgan fingerprint density at radius 2 is 2.12 bits per heavy atom. The summed E-state index contributed by atoms with van der Waals surface area (Å²) < 4.78 is 13.3. The lowest BCUT2D eigenvalue weighted by Gasteiger charge is -2.24. The minimum atomic E-state index is -0.286. The molecule has 1 aliphatic rings. The zero-order valence-corrected chi connectivity index (χ0v) is 9.75. The van der Waals surface area contributed by atoms with Crippen molar-refractivity contribution in [3.05, 3.63) is 41.2 Å². The van der Waals surface area contributed by atoms with Gasteiger partial charge in [-0.3, -0.25) is 5.84 Å². The number of anilines is 1. The Labute approximate surface area is 101 Å². The molecular formula is C13H18FN3. The molecule has 0 fully saturated rings. The van der Waals surface area contributed by atoms with Crippen molar-refractivity contribution in [3.8, 4) is 0 Å². The minimum Gasteiger partial charge on any atom is -0.398 e.